The molecule has 1 aromatic carbocycles. The first kappa shape index (κ1) is 15.0. The predicted octanol–water partition coefficient (Wildman–Crippen LogP) is 2.53. The molecular weight excluding hydrogens is 289 g/mol. The second kappa shape index (κ2) is 4.25. The zero-order chi connectivity index (χ0) is 14.4. The fourth-order valence-electron chi connectivity index (χ4n) is 1.19. The second-order valence-corrected chi connectivity index (χ2v) is 4.84. The molecule has 0 heterocycles. The summed E-state index contributed by atoms with van der Waals surface area (Å²) in [7, 11) is -5.31. The molecule has 0 amide bonds. The zero-order valence-electron chi connectivity index (χ0n) is 8.25. The summed E-state index contributed by atoms with van der Waals surface area (Å²) >= 11 is 0. The molecule has 0 spiro atoms. The average molecular weight is 294 g/mol. The van der Waals surface area contributed by atoms with Crippen molar-refractivity contribution in [2.45, 2.75) is 12.4 Å². The third kappa shape index (κ3) is 3.24. The van der Waals surface area contributed by atoms with E-state index in [2.05, 4.69) is 0 Å². The Balaban J connectivity index is 3.55. The van der Waals surface area contributed by atoms with Gasteiger partial charge in [-0.05, 0) is 18.2 Å². The molecule has 0 aliphatic heterocycles. The minimum Gasteiger partial charge on any atom is -0.321 e. The number of hydrogen-bond acceptors (Lipinski definition) is 1. The highest BCUT2D eigenvalue weighted by atomic mass is 31.2. The third-order valence-electron chi connectivity index (χ3n) is 1.94. The van der Waals surface area contributed by atoms with Gasteiger partial charge in [-0.25, -0.2) is 0 Å². The Kier molecular flexibility index (Phi) is 3.55. The van der Waals surface area contributed by atoms with Crippen molar-refractivity contribution < 1.29 is 40.7 Å². The maximum absolute atomic E-state index is 12.4. The van der Waals surface area contributed by atoms with E-state index in [1.807, 2.05) is 0 Å². The van der Waals surface area contributed by atoms with Crippen molar-refractivity contribution in [2.75, 3.05) is 0 Å². The van der Waals surface area contributed by atoms with Gasteiger partial charge in [-0.3, -0.25) is 4.57 Å². The fourth-order valence-corrected chi connectivity index (χ4v) is 1.97. The summed E-state index contributed by atoms with van der Waals surface area (Å²) in [6.45, 7) is 0. The van der Waals surface area contributed by atoms with Gasteiger partial charge in [-0.2, -0.15) is 26.3 Å². The highest BCUT2D eigenvalue weighted by Gasteiger charge is 2.41. The Morgan fingerprint density at radius 1 is 0.944 bits per heavy atom. The molecule has 0 saturated heterocycles. The van der Waals surface area contributed by atoms with Crippen LogP contribution in [0.4, 0.5) is 26.3 Å². The summed E-state index contributed by atoms with van der Waals surface area (Å²) in [6, 6.07) is -0.00941. The minimum atomic E-state index is -5.31. The van der Waals surface area contributed by atoms with Crippen LogP contribution in [0.1, 0.15) is 11.1 Å². The largest absolute Gasteiger partial charge is 0.417 e. The van der Waals surface area contributed by atoms with Gasteiger partial charge >= 0.3 is 19.9 Å². The minimum absolute atomic E-state index is 0.131. The Morgan fingerprint density at radius 3 is 1.78 bits per heavy atom. The van der Waals surface area contributed by atoms with Crippen molar-refractivity contribution in [2.24, 2.45) is 0 Å². The van der Waals surface area contributed by atoms with E-state index in [1.54, 1.807) is 0 Å². The van der Waals surface area contributed by atoms with Gasteiger partial charge in [0.2, 0.25) is 0 Å². The molecule has 0 saturated carbocycles. The molecule has 18 heavy (non-hydrogen) atoms. The van der Waals surface area contributed by atoms with Crippen LogP contribution in [0, 0.1) is 0 Å². The fraction of sp³-hybridized carbons (Fsp3) is 0.250. The number of hydrogen-bond donors (Lipinski definition) is 2. The lowest BCUT2D eigenvalue weighted by atomic mass is 10.1. The van der Waals surface area contributed by atoms with E-state index < -0.39 is 36.4 Å². The summed E-state index contributed by atoms with van der Waals surface area (Å²) in [6.07, 6.45) is -10.3. The van der Waals surface area contributed by atoms with Gasteiger partial charge in [0, 0.05) is 0 Å². The Morgan fingerprint density at radius 2 is 1.44 bits per heavy atom. The first-order valence-corrected chi connectivity index (χ1v) is 5.79. The van der Waals surface area contributed by atoms with Crippen LogP contribution in [0.5, 0.6) is 0 Å². The maximum Gasteiger partial charge on any atom is 0.417 e. The molecule has 2 N–H and O–H groups in total. The van der Waals surface area contributed by atoms with Crippen molar-refractivity contribution in [3.63, 3.8) is 0 Å². The summed E-state index contributed by atoms with van der Waals surface area (Å²) in [5.74, 6) is 0. The maximum atomic E-state index is 12.4. The van der Waals surface area contributed by atoms with Gasteiger partial charge < -0.3 is 9.79 Å². The molecule has 0 aromatic heterocycles. The standard InChI is InChI=1S/C8H5F6O3P/c9-7(10,11)4-1-2-6(18(15,16)17)5(3-4)8(12,13)14/h1-3H,(H2,15,16,17). The van der Waals surface area contributed by atoms with Crippen LogP contribution >= 0.6 is 7.60 Å². The molecule has 10 heteroatoms. The zero-order valence-corrected chi connectivity index (χ0v) is 9.14. The second-order valence-electron chi connectivity index (χ2n) is 3.27. The molecule has 3 nitrogen and oxygen atoms in total. The van der Waals surface area contributed by atoms with Gasteiger partial charge in [0.25, 0.3) is 0 Å². The monoisotopic (exact) mass is 294 g/mol. The van der Waals surface area contributed by atoms with E-state index >= 15 is 0 Å². The molecule has 0 aliphatic carbocycles. The molecule has 0 unspecified atom stereocenters. The summed E-state index contributed by atoms with van der Waals surface area (Å²) in [4.78, 5) is 17.3. The number of benzene rings is 1. The number of alkyl halides is 6. The van der Waals surface area contributed by atoms with E-state index in [-0.39, 0.29) is 18.2 Å². The SMILES string of the molecule is O=P(O)(O)c1ccc(C(F)(F)F)cc1C(F)(F)F. The summed E-state index contributed by atoms with van der Waals surface area (Å²) < 4.78 is 84.8. The van der Waals surface area contributed by atoms with Crippen molar-refractivity contribution in [1.82, 2.24) is 0 Å². The number of rotatable bonds is 1. The van der Waals surface area contributed by atoms with Crippen LogP contribution in [-0.2, 0) is 16.9 Å². The van der Waals surface area contributed by atoms with Crippen LogP contribution in [0.15, 0.2) is 18.2 Å². The lowest BCUT2D eigenvalue weighted by Crippen LogP contribution is -2.21. The lowest BCUT2D eigenvalue weighted by Gasteiger charge is -2.16. The number of halogens is 6. The average Bonchev–Trinajstić information content (AvgIpc) is 2.12. The lowest BCUT2D eigenvalue weighted by molar-refractivity contribution is -0.142. The quantitative estimate of drug-likeness (QED) is 0.618. The van der Waals surface area contributed by atoms with Crippen molar-refractivity contribution in [1.29, 1.82) is 0 Å². The normalized spacial score (nSPS) is 13.8. The van der Waals surface area contributed by atoms with Gasteiger partial charge in [0.05, 0.1) is 16.4 Å². The molecule has 1 rings (SSSR count). The predicted molar refractivity (Wildman–Crippen MR) is 48.1 cm³/mol. The molecule has 0 aliphatic rings. The Bertz CT molecular complexity index is 501. The van der Waals surface area contributed by atoms with E-state index in [9.17, 15) is 30.9 Å². The smallest absolute Gasteiger partial charge is 0.321 e. The van der Waals surface area contributed by atoms with E-state index in [4.69, 9.17) is 9.79 Å². The van der Waals surface area contributed by atoms with Crippen molar-refractivity contribution in [3.8, 4) is 0 Å². The van der Waals surface area contributed by atoms with Crippen LogP contribution in [0.2, 0.25) is 0 Å². The van der Waals surface area contributed by atoms with Crippen molar-refractivity contribution in [3.05, 3.63) is 29.3 Å². The highest BCUT2D eigenvalue weighted by Crippen LogP contribution is 2.42. The summed E-state index contributed by atoms with van der Waals surface area (Å²) in [5.41, 5.74) is -3.63. The summed E-state index contributed by atoms with van der Waals surface area (Å²) in [5, 5.41) is -1.48. The van der Waals surface area contributed by atoms with Gasteiger partial charge in [0.15, 0.2) is 0 Å². The van der Waals surface area contributed by atoms with Gasteiger partial charge in [0.1, 0.15) is 0 Å². The van der Waals surface area contributed by atoms with Crippen LogP contribution in [0.25, 0.3) is 0 Å². The molecule has 0 bridgehead atoms. The molecule has 0 fully saturated rings. The van der Waals surface area contributed by atoms with Crippen LogP contribution < -0.4 is 5.30 Å². The van der Waals surface area contributed by atoms with Crippen LogP contribution in [-0.4, -0.2) is 9.79 Å². The van der Waals surface area contributed by atoms with Crippen LogP contribution in [0.3, 0.4) is 0 Å². The molecular formula is C8H5F6O3P. The Labute approximate surface area is 96.2 Å². The molecule has 0 radical (unpaired) electrons. The van der Waals surface area contributed by atoms with E-state index in [0.29, 0.717) is 0 Å². The van der Waals surface area contributed by atoms with Gasteiger partial charge in [-0.15, -0.1) is 0 Å². The topological polar surface area (TPSA) is 57.5 Å². The first-order chi connectivity index (χ1) is 7.83. The van der Waals surface area contributed by atoms with Gasteiger partial charge in [-0.1, -0.05) is 0 Å². The molecule has 102 valence electrons. The van der Waals surface area contributed by atoms with E-state index in [1.165, 1.54) is 0 Å². The third-order valence-corrected chi connectivity index (χ3v) is 2.96. The molecule has 0 atom stereocenters. The first-order valence-electron chi connectivity index (χ1n) is 4.18. The van der Waals surface area contributed by atoms with Crippen molar-refractivity contribution >= 4 is 12.9 Å². The molecule has 1 aromatic rings. The Hall–Kier alpha value is -1.05. The highest BCUT2D eigenvalue weighted by molar-refractivity contribution is 7.60. The van der Waals surface area contributed by atoms with E-state index in [0.717, 1.165) is 0 Å².